The van der Waals surface area contributed by atoms with Gasteiger partial charge in [-0.2, -0.15) is 5.26 Å². The van der Waals surface area contributed by atoms with Crippen molar-refractivity contribution in [1.82, 2.24) is 4.98 Å². The van der Waals surface area contributed by atoms with Crippen LogP contribution >= 0.6 is 0 Å². The number of nitrogens with one attached hydrogen (secondary N) is 1. The Labute approximate surface area is 156 Å². The Bertz CT molecular complexity index is 1120. The van der Waals surface area contributed by atoms with Gasteiger partial charge < -0.3 is 9.72 Å². The molecular weight excluding hydrogens is 336 g/mol. The zero-order valence-electron chi connectivity index (χ0n) is 14.4. The van der Waals surface area contributed by atoms with E-state index in [1.54, 1.807) is 30.5 Å². The van der Waals surface area contributed by atoms with E-state index in [4.69, 9.17) is 10.00 Å². The molecule has 0 unspecified atom stereocenters. The number of nitrogens with zero attached hydrogens (tertiary/aromatic N) is 1. The third kappa shape index (κ3) is 3.31. The fourth-order valence-corrected chi connectivity index (χ4v) is 3.06. The number of carbonyl (C=O) groups is 1. The molecule has 4 heteroatoms. The van der Waals surface area contributed by atoms with E-state index in [9.17, 15) is 4.79 Å². The van der Waals surface area contributed by atoms with E-state index in [-0.39, 0.29) is 5.78 Å². The molecule has 4 aromatic rings. The Morgan fingerprint density at radius 3 is 2.37 bits per heavy atom. The molecule has 1 N–H and O–H groups in total. The number of benzene rings is 3. The summed E-state index contributed by atoms with van der Waals surface area (Å²) >= 11 is 0. The zero-order chi connectivity index (χ0) is 18.6. The number of fused-ring (bicyclic) bond motifs is 1. The maximum Gasteiger partial charge on any atom is 0.210 e. The van der Waals surface area contributed by atoms with Crippen LogP contribution in [-0.2, 0) is 0 Å². The van der Waals surface area contributed by atoms with E-state index in [2.05, 4.69) is 11.1 Å². The SMILES string of the molecule is N#Cc1ccc(O[C@H](C(=O)c2c[nH]c3ccccc23)c2ccccc2)cc1. The number of hydrogen-bond acceptors (Lipinski definition) is 3. The van der Waals surface area contributed by atoms with Crippen LogP contribution in [0, 0.1) is 11.3 Å². The molecule has 0 aliphatic carbocycles. The lowest BCUT2D eigenvalue weighted by atomic mass is 9.99. The van der Waals surface area contributed by atoms with Crippen LogP contribution in [0.2, 0.25) is 0 Å². The first-order valence-electron chi connectivity index (χ1n) is 8.58. The van der Waals surface area contributed by atoms with Gasteiger partial charge >= 0.3 is 0 Å². The van der Waals surface area contributed by atoms with Crippen molar-refractivity contribution >= 4 is 16.7 Å². The predicted molar refractivity (Wildman–Crippen MR) is 104 cm³/mol. The minimum absolute atomic E-state index is 0.122. The van der Waals surface area contributed by atoms with Gasteiger partial charge in [0, 0.05) is 28.2 Å². The second-order valence-electron chi connectivity index (χ2n) is 6.16. The standard InChI is InChI=1S/C23H16N2O2/c24-14-16-10-12-18(13-11-16)27-23(17-6-2-1-3-7-17)22(26)20-15-25-21-9-5-4-8-19(20)21/h1-13,15,23,25H/t23-/m0/s1. The van der Waals surface area contributed by atoms with E-state index in [0.29, 0.717) is 16.9 Å². The van der Waals surface area contributed by atoms with Gasteiger partial charge in [0.2, 0.25) is 5.78 Å². The second-order valence-corrected chi connectivity index (χ2v) is 6.16. The topological polar surface area (TPSA) is 65.9 Å². The van der Waals surface area contributed by atoms with Gasteiger partial charge in [0.15, 0.2) is 6.10 Å². The normalized spacial score (nSPS) is 11.7. The van der Waals surface area contributed by atoms with Gasteiger partial charge in [-0.3, -0.25) is 4.79 Å². The third-order valence-corrected chi connectivity index (χ3v) is 4.43. The van der Waals surface area contributed by atoms with E-state index >= 15 is 0 Å². The summed E-state index contributed by atoms with van der Waals surface area (Å²) in [7, 11) is 0. The maximum atomic E-state index is 13.4. The quantitative estimate of drug-likeness (QED) is 0.512. The molecule has 4 rings (SSSR count). The average molecular weight is 352 g/mol. The van der Waals surface area contributed by atoms with Crippen molar-refractivity contribution in [3.8, 4) is 11.8 Å². The van der Waals surface area contributed by atoms with Crippen molar-refractivity contribution in [3.05, 3.63) is 102 Å². The molecular formula is C23H16N2O2. The maximum absolute atomic E-state index is 13.4. The van der Waals surface area contributed by atoms with Gasteiger partial charge in [0.25, 0.3) is 0 Å². The number of carbonyl (C=O) groups excluding carboxylic acids is 1. The smallest absolute Gasteiger partial charge is 0.210 e. The van der Waals surface area contributed by atoms with E-state index in [1.165, 1.54) is 0 Å². The number of para-hydroxylation sites is 1. The number of ether oxygens (including phenoxy) is 1. The molecule has 27 heavy (non-hydrogen) atoms. The van der Waals surface area contributed by atoms with Crippen LogP contribution in [0.1, 0.15) is 27.6 Å². The summed E-state index contributed by atoms with van der Waals surface area (Å²) in [6.45, 7) is 0. The van der Waals surface area contributed by atoms with E-state index in [1.807, 2.05) is 54.6 Å². The summed E-state index contributed by atoms with van der Waals surface area (Å²) in [5, 5.41) is 9.82. The number of nitriles is 1. The molecule has 0 amide bonds. The van der Waals surface area contributed by atoms with Crippen LogP contribution in [0.4, 0.5) is 0 Å². The lowest BCUT2D eigenvalue weighted by Crippen LogP contribution is -2.19. The molecule has 1 aromatic heterocycles. The van der Waals surface area contributed by atoms with Crippen molar-refractivity contribution in [2.75, 3.05) is 0 Å². The minimum atomic E-state index is -0.779. The van der Waals surface area contributed by atoms with Crippen molar-refractivity contribution in [2.24, 2.45) is 0 Å². The molecule has 3 aromatic carbocycles. The predicted octanol–water partition coefficient (Wildman–Crippen LogP) is 5.04. The number of Topliss-reactive ketones (excluding diaryl/α,β-unsaturated/α-hetero) is 1. The molecule has 0 fully saturated rings. The Kier molecular flexibility index (Phi) is 4.42. The molecule has 0 bridgehead atoms. The summed E-state index contributed by atoms with van der Waals surface area (Å²) in [5.74, 6) is 0.416. The molecule has 130 valence electrons. The summed E-state index contributed by atoms with van der Waals surface area (Å²) in [4.78, 5) is 16.5. The highest BCUT2D eigenvalue weighted by Gasteiger charge is 2.26. The molecule has 1 heterocycles. The monoisotopic (exact) mass is 352 g/mol. The first-order valence-corrected chi connectivity index (χ1v) is 8.58. The largest absolute Gasteiger partial charge is 0.478 e. The van der Waals surface area contributed by atoms with E-state index < -0.39 is 6.10 Å². The van der Waals surface area contributed by atoms with Crippen LogP contribution in [-0.4, -0.2) is 10.8 Å². The first-order chi connectivity index (χ1) is 13.3. The number of ketones is 1. The molecule has 0 aliphatic rings. The van der Waals surface area contributed by atoms with Crippen LogP contribution in [0.25, 0.3) is 10.9 Å². The van der Waals surface area contributed by atoms with Crippen LogP contribution in [0.3, 0.4) is 0 Å². The van der Waals surface area contributed by atoms with Gasteiger partial charge in [0.1, 0.15) is 5.75 Å². The summed E-state index contributed by atoms with van der Waals surface area (Å²) in [5.41, 5.74) is 2.82. The highest BCUT2D eigenvalue weighted by molar-refractivity contribution is 6.10. The molecule has 0 spiro atoms. The van der Waals surface area contributed by atoms with Gasteiger partial charge in [0.05, 0.1) is 11.6 Å². The Hall–Kier alpha value is -3.84. The lowest BCUT2D eigenvalue weighted by Gasteiger charge is -2.18. The third-order valence-electron chi connectivity index (χ3n) is 4.43. The number of hydrogen-bond donors (Lipinski definition) is 1. The Morgan fingerprint density at radius 2 is 1.63 bits per heavy atom. The van der Waals surface area contributed by atoms with Gasteiger partial charge in [-0.25, -0.2) is 0 Å². The van der Waals surface area contributed by atoms with Crippen LogP contribution < -0.4 is 4.74 Å². The van der Waals surface area contributed by atoms with Crippen molar-refractivity contribution < 1.29 is 9.53 Å². The fraction of sp³-hybridized carbons (Fsp3) is 0.0435. The molecule has 0 saturated carbocycles. The highest BCUT2D eigenvalue weighted by Crippen LogP contribution is 2.29. The number of aromatic amines is 1. The molecule has 1 atom stereocenters. The van der Waals surface area contributed by atoms with Gasteiger partial charge in [-0.15, -0.1) is 0 Å². The Morgan fingerprint density at radius 1 is 0.926 bits per heavy atom. The summed E-state index contributed by atoms with van der Waals surface area (Å²) < 4.78 is 6.06. The minimum Gasteiger partial charge on any atom is -0.478 e. The Balaban J connectivity index is 1.73. The summed E-state index contributed by atoms with van der Waals surface area (Å²) in [6.07, 6.45) is 0.948. The van der Waals surface area contributed by atoms with E-state index in [0.717, 1.165) is 16.5 Å². The molecule has 4 nitrogen and oxygen atoms in total. The van der Waals surface area contributed by atoms with Crippen LogP contribution in [0.5, 0.6) is 5.75 Å². The average Bonchev–Trinajstić information content (AvgIpc) is 3.17. The van der Waals surface area contributed by atoms with Gasteiger partial charge in [-0.05, 0) is 30.3 Å². The lowest BCUT2D eigenvalue weighted by molar-refractivity contribution is 0.0794. The second kappa shape index (κ2) is 7.19. The van der Waals surface area contributed by atoms with Crippen LogP contribution in [0.15, 0.2) is 85.1 Å². The van der Waals surface area contributed by atoms with Crippen molar-refractivity contribution in [1.29, 1.82) is 5.26 Å². The van der Waals surface area contributed by atoms with Crippen molar-refractivity contribution in [3.63, 3.8) is 0 Å². The molecule has 0 saturated heterocycles. The molecule has 0 aliphatic heterocycles. The number of H-pyrrole nitrogens is 1. The fourth-order valence-electron chi connectivity index (χ4n) is 3.06. The molecule has 0 radical (unpaired) electrons. The van der Waals surface area contributed by atoms with Crippen molar-refractivity contribution in [2.45, 2.75) is 6.10 Å². The number of aromatic nitrogens is 1. The first kappa shape index (κ1) is 16.6. The summed E-state index contributed by atoms with van der Waals surface area (Å²) in [6, 6.07) is 25.9. The zero-order valence-corrected chi connectivity index (χ0v) is 14.4. The highest BCUT2D eigenvalue weighted by atomic mass is 16.5. The van der Waals surface area contributed by atoms with Gasteiger partial charge in [-0.1, -0.05) is 48.5 Å². The number of rotatable bonds is 5.